The van der Waals surface area contributed by atoms with E-state index in [1.54, 1.807) is 21.3 Å². The van der Waals surface area contributed by atoms with Crippen molar-refractivity contribution in [2.45, 2.75) is 13.3 Å². The topological polar surface area (TPSA) is 78.9 Å². The second-order valence-electron chi connectivity index (χ2n) is 6.71. The van der Waals surface area contributed by atoms with Crippen molar-refractivity contribution in [2.24, 2.45) is 0 Å². The fourth-order valence-corrected chi connectivity index (χ4v) is 3.15. The Bertz CT molecular complexity index is 1040. The maximum atomic E-state index is 12.3. The number of amides is 1. The number of fused-ring (bicyclic) bond motifs is 1. The molecule has 0 radical (unpaired) electrons. The van der Waals surface area contributed by atoms with Gasteiger partial charge in [0, 0.05) is 23.7 Å². The number of pyridine rings is 1. The highest BCUT2D eigenvalue weighted by atomic mass is 16.5. The zero-order valence-corrected chi connectivity index (χ0v) is 17.7. The Hall–Kier alpha value is -3.48. The van der Waals surface area contributed by atoms with Crippen LogP contribution in [0.15, 0.2) is 42.5 Å². The van der Waals surface area contributed by atoms with Gasteiger partial charge in [-0.2, -0.15) is 0 Å². The van der Waals surface area contributed by atoms with E-state index in [9.17, 15) is 4.79 Å². The summed E-state index contributed by atoms with van der Waals surface area (Å²) in [6.45, 7) is 2.25. The molecular weight excluding hydrogens is 384 g/mol. The normalized spacial score (nSPS) is 10.5. The van der Waals surface area contributed by atoms with Gasteiger partial charge in [0.15, 0.2) is 6.61 Å². The van der Waals surface area contributed by atoms with Crippen LogP contribution in [0.3, 0.4) is 0 Å². The van der Waals surface area contributed by atoms with E-state index in [-0.39, 0.29) is 12.5 Å². The van der Waals surface area contributed by atoms with E-state index in [4.69, 9.17) is 18.9 Å². The van der Waals surface area contributed by atoms with Crippen LogP contribution >= 0.6 is 0 Å². The van der Waals surface area contributed by atoms with Gasteiger partial charge in [-0.3, -0.25) is 9.78 Å². The van der Waals surface area contributed by atoms with Gasteiger partial charge in [0.25, 0.3) is 5.91 Å². The number of carbonyl (C=O) groups excluding carboxylic acids is 1. The molecule has 3 rings (SSSR count). The van der Waals surface area contributed by atoms with Crippen LogP contribution < -0.4 is 24.3 Å². The Balaban J connectivity index is 1.60. The molecule has 0 saturated carbocycles. The minimum absolute atomic E-state index is 0.0923. The number of aryl methyl sites for hydroxylation is 1. The van der Waals surface area contributed by atoms with E-state index in [0.717, 1.165) is 33.7 Å². The maximum Gasteiger partial charge on any atom is 0.257 e. The number of rotatable bonds is 9. The van der Waals surface area contributed by atoms with E-state index in [1.807, 2.05) is 49.4 Å². The lowest BCUT2D eigenvalue weighted by atomic mass is 10.1. The second-order valence-corrected chi connectivity index (χ2v) is 6.71. The van der Waals surface area contributed by atoms with Crippen LogP contribution in [0, 0.1) is 6.92 Å². The molecule has 0 aliphatic rings. The molecule has 1 aromatic heterocycles. The minimum Gasteiger partial charge on any atom is -0.497 e. The first kappa shape index (κ1) is 21.2. The molecule has 2 aromatic carbocycles. The molecule has 0 fully saturated rings. The highest BCUT2D eigenvalue weighted by Crippen LogP contribution is 2.29. The summed E-state index contributed by atoms with van der Waals surface area (Å²) in [5, 5.41) is 3.67. The van der Waals surface area contributed by atoms with Crippen molar-refractivity contribution in [1.82, 2.24) is 10.3 Å². The van der Waals surface area contributed by atoms with Crippen molar-refractivity contribution >= 4 is 16.8 Å². The first-order chi connectivity index (χ1) is 14.5. The van der Waals surface area contributed by atoms with Crippen LogP contribution in [0.2, 0.25) is 0 Å². The molecule has 0 atom stereocenters. The average molecular weight is 410 g/mol. The number of benzene rings is 2. The third kappa shape index (κ3) is 5.11. The molecule has 0 aliphatic heterocycles. The van der Waals surface area contributed by atoms with Crippen LogP contribution in [-0.4, -0.2) is 45.4 Å². The van der Waals surface area contributed by atoms with E-state index < -0.39 is 0 Å². The predicted octanol–water partition coefficient (Wildman–Crippen LogP) is 3.31. The van der Waals surface area contributed by atoms with Gasteiger partial charge in [-0.25, -0.2) is 0 Å². The van der Waals surface area contributed by atoms with E-state index in [1.165, 1.54) is 0 Å². The number of hydrogen-bond acceptors (Lipinski definition) is 6. The standard InChI is InChI=1S/C23H26N2O5/c1-15-11-22(19-13-18(28-3)5-7-20(19)25-15)30-14-23(26)24-10-9-16-12-17(27-2)6-8-21(16)29-4/h5-8,11-13H,9-10,14H2,1-4H3,(H,24,26). The van der Waals surface area contributed by atoms with Crippen LogP contribution in [0.25, 0.3) is 10.9 Å². The van der Waals surface area contributed by atoms with Gasteiger partial charge in [-0.15, -0.1) is 0 Å². The Kier molecular flexibility index (Phi) is 6.95. The van der Waals surface area contributed by atoms with Gasteiger partial charge < -0.3 is 24.3 Å². The van der Waals surface area contributed by atoms with E-state index in [0.29, 0.717) is 24.5 Å². The SMILES string of the molecule is COc1ccc(OC)c(CCNC(=O)COc2cc(C)nc3ccc(OC)cc23)c1. The lowest BCUT2D eigenvalue weighted by Gasteiger charge is -2.13. The van der Waals surface area contributed by atoms with Gasteiger partial charge in [-0.1, -0.05) is 0 Å². The fourth-order valence-electron chi connectivity index (χ4n) is 3.15. The monoisotopic (exact) mass is 410 g/mol. The molecule has 1 heterocycles. The van der Waals surface area contributed by atoms with Gasteiger partial charge in [0.05, 0.1) is 26.8 Å². The molecule has 7 nitrogen and oxygen atoms in total. The zero-order chi connectivity index (χ0) is 21.5. The largest absolute Gasteiger partial charge is 0.497 e. The molecule has 0 bridgehead atoms. The molecule has 0 aliphatic carbocycles. The summed E-state index contributed by atoms with van der Waals surface area (Å²) in [7, 11) is 4.84. The quantitative estimate of drug-likeness (QED) is 0.583. The molecule has 1 N–H and O–H groups in total. The molecule has 0 unspecified atom stereocenters. The van der Waals surface area contributed by atoms with E-state index in [2.05, 4.69) is 10.3 Å². The first-order valence-electron chi connectivity index (χ1n) is 9.60. The molecule has 1 amide bonds. The number of aromatic nitrogens is 1. The Morgan fingerprint density at radius 3 is 2.40 bits per heavy atom. The summed E-state index contributed by atoms with van der Waals surface area (Å²) in [6, 6.07) is 13.0. The van der Waals surface area contributed by atoms with Crippen LogP contribution in [0.4, 0.5) is 0 Å². The highest BCUT2D eigenvalue weighted by Gasteiger charge is 2.10. The summed E-state index contributed by atoms with van der Waals surface area (Å²) in [6.07, 6.45) is 0.612. The predicted molar refractivity (Wildman–Crippen MR) is 115 cm³/mol. The minimum atomic E-state index is -0.206. The zero-order valence-electron chi connectivity index (χ0n) is 17.7. The summed E-state index contributed by atoms with van der Waals surface area (Å²) in [5.74, 6) is 2.60. The molecule has 30 heavy (non-hydrogen) atoms. The van der Waals surface area contributed by atoms with Gasteiger partial charge in [-0.05, 0) is 55.3 Å². The van der Waals surface area contributed by atoms with Gasteiger partial charge in [0.2, 0.25) is 0 Å². The molecule has 158 valence electrons. The van der Waals surface area contributed by atoms with Crippen molar-refractivity contribution in [3.8, 4) is 23.0 Å². The molecular formula is C23H26N2O5. The number of nitrogens with zero attached hydrogens (tertiary/aromatic N) is 1. The Labute approximate surface area is 175 Å². The fraction of sp³-hybridized carbons (Fsp3) is 0.304. The smallest absolute Gasteiger partial charge is 0.257 e. The lowest BCUT2D eigenvalue weighted by molar-refractivity contribution is -0.123. The number of carbonyl (C=O) groups is 1. The molecule has 7 heteroatoms. The summed E-state index contributed by atoms with van der Waals surface area (Å²) in [5.41, 5.74) is 2.56. The average Bonchev–Trinajstić information content (AvgIpc) is 2.76. The number of methoxy groups -OCH3 is 3. The van der Waals surface area contributed by atoms with Crippen molar-refractivity contribution in [3.63, 3.8) is 0 Å². The summed E-state index contributed by atoms with van der Waals surface area (Å²) >= 11 is 0. The van der Waals surface area contributed by atoms with Crippen molar-refractivity contribution < 1.29 is 23.7 Å². The summed E-state index contributed by atoms with van der Waals surface area (Å²) < 4.78 is 21.7. The van der Waals surface area contributed by atoms with Crippen molar-refractivity contribution in [2.75, 3.05) is 34.5 Å². The third-order valence-corrected chi connectivity index (χ3v) is 4.67. The van der Waals surface area contributed by atoms with Crippen LogP contribution in [0.5, 0.6) is 23.0 Å². The number of hydrogen-bond donors (Lipinski definition) is 1. The molecule has 0 spiro atoms. The summed E-state index contributed by atoms with van der Waals surface area (Å²) in [4.78, 5) is 16.8. The van der Waals surface area contributed by atoms with Crippen molar-refractivity contribution in [1.29, 1.82) is 0 Å². The second kappa shape index (κ2) is 9.82. The third-order valence-electron chi connectivity index (χ3n) is 4.67. The highest BCUT2D eigenvalue weighted by molar-refractivity contribution is 5.87. The lowest BCUT2D eigenvalue weighted by Crippen LogP contribution is -2.30. The van der Waals surface area contributed by atoms with Gasteiger partial charge >= 0.3 is 0 Å². The van der Waals surface area contributed by atoms with Gasteiger partial charge in [0.1, 0.15) is 23.0 Å². The first-order valence-corrected chi connectivity index (χ1v) is 9.60. The van der Waals surface area contributed by atoms with Crippen molar-refractivity contribution in [3.05, 3.63) is 53.7 Å². The number of nitrogens with one attached hydrogen (secondary N) is 1. The number of ether oxygens (including phenoxy) is 4. The molecule has 0 saturated heterocycles. The van der Waals surface area contributed by atoms with E-state index >= 15 is 0 Å². The van der Waals surface area contributed by atoms with Crippen LogP contribution in [-0.2, 0) is 11.2 Å². The maximum absolute atomic E-state index is 12.3. The Morgan fingerprint density at radius 1 is 0.933 bits per heavy atom. The molecule has 3 aromatic rings. The Morgan fingerprint density at radius 2 is 1.67 bits per heavy atom. The van der Waals surface area contributed by atoms with Crippen LogP contribution in [0.1, 0.15) is 11.3 Å².